The molecule has 1 nitrogen and oxygen atoms in total. The van der Waals surface area contributed by atoms with E-state index in [9.17, 15) is 4.79 Å². The molecule has 1 heteroatoms. The number of benzene rings is 2. The van der Waals surface area contributed by atoms with Gasteiger partial charge >= 0.3 is 0 Å². The summed E-state index contributed by atoms with van der Waals surface area (Å²) in [5.74, 6) is 0.221. The van der Waals surface area contributed by atoms with Crippen molar-refractivity contribution in [3.05, 3.63) is 69.3 Å². The van der Waals surface area contributed by atoms with Crippen LogP contribution in [-0.2, 0) is 22.0 Å². The molecule has 2 aromatic carbocycles. The standard InChI is InChI=1S/C25H32O/c1-15-10-9-11-18(16(15)2)23-20-12-17(24(3,4)5)13-21(25(6,7)8)19(20)14-22(23)26/h9-13,23H,14H2,1-8H3. The summed E-state index contributed by atoms with van der Waals surface area (Å²) in [7, 11) is 0. The van der Waals surface area contributed by atoms with Gasteiger partial charge in [0, 0.05) is 6.42 Å². The minimum Gasteiger partial charge on any atom is -0.298 e. The van der Waals surface area contributed by atoms with Crippen molar-refractivity contribution in [2.45, 2.75) is 78.6 Å². The number of hydrogen-bond acceptors (Lipinski definition) is 1. The summed E-state index contributed by atoms with van der Waals surface area (Å²) < 4.78 is 0. The SMILES string of the molecule is Cc1cccc(C2C(=O)Cc3c2cc(C(C)(C)C)cc3C(C)(C)C)c1C. The summed E-state index contributed by atoms with van der Waals surface area (Å²) in [6, 6.07) is 11.0. The van der Waals surface area contributed by atoms with E-state index in [0.717, 1.165) is 0 Å². The summed E-state index contributed by atoms with van der Waals surface area (Å²) in [5.41, 5.74) is 8.94. The van der Waals surface area contributed by atoms with Gasteiger partial charge < -0.3 is 0 Å². The lowest BCUT2D eigenvalue weighted by Gasteiger charge is -2.28. The second-order valence-corrected chi connectivity index (χ2v) is 9.96. The van der Waals surface area contributed by atoms with E-state index in [1.807, 2.05) is 0 Å². The molecule has 138 valence electrons. The third-order valence-corrected chi connectivity index (χ3v) is 5.90. The van der Waals surface area contributed by atoms with E-state index in [0.29, 0.717) is 12.2 Å². The first-order valence-electron chi connectivity index (χ1n) is 9.68. The Morgan fingerprint density at radius 2 is 1.54 bits per heavy atom. The van der Waals surface area contributed by atoms with Crippen LogP contribution in [0.5, 0.6) is 0 Å². The number of hydrogen-bond donors (Lipinski definition) is 0. The highest BCUT2D eigenvalue weighted by Crippen LogP contribution is 2.44. The van der Waals surface area contributed by atoms with Gasteiger partial charge in [0.15, 0.2) is 0 Å². The number of rotatable bonds is 1. The van der Waals surface area contributed by atoms with Crippen molar-refractivity contribution < 1.29 is 4.79 Å². The predicted octanol–water partition coefficient (Wildman–Crippen LogP) is 6.16. The second-order valence-electron chi connectivity index (χ2n) is 9.96. The molecule has 0 aromatic heterocycles. The first kappa shape index (κ1) is 18.9. The molecule has 1 unspecified atom stereocenters. The zero-order valence-electron chi connectivity index (χ0n) is 17.6. The number of carbonyl (C=O) groups excluding carboxylic acids is 1. The van der Waals surface area contributed by atoms with E-state index in [2.05, 4.69) is 85.7 Å². The van der Waals surface area contributed by atoms with E-state index >= 15 is 0 Å². The van der Waals surface area contributed by atoms with Crippen molar-refractivity contribution >= 4 is 5.78 Å². The highest BCUT2D eigenvalue weighted by Gasteiger charge is 2.37. The number of fused-ring (bicyclic) bond motifs is 1. The van der Waals surface area contributed by atoms with Crippen LogP contribution >= 0.6 is 0 Å². The van der Waals surface area contributed by atoms with Crippen LogP contribution in [0.4, 0.5) is 0 Å². The highest BCUT2D eigenvalue weighted by molar-refractivity contribution is 5.96. The average Bonchev–Trinajstić information content (AvgIpc) is 2.83. The predicted molar refractivity (Wildman–Crippen MR) is 110 cm³/mol. The molecule has 2 aromatic rings. The number of Topliss-reactive ketones (excluding diaryl/α,β-unsaturated/α-hetero) is 1. The van der Waals surface area contributed by atoms with Crippen molar-refractivity contribution in [1.29, 1.82) is 0 Å². The maximum absolute atomic E-state index is 13.1. The number of carbonyl (C=O) groups is 1. The molecule has 0 spiro atoms. The molecule has 0 bridgehead atoms. The lowest BCUT2D eigenvalue weighted by Crippen LogP contribution is -2.19. The van der Waals surface area contributed by atoms with Gasteiger partial charge in [-0.25, -0.2) is 0 Å². The fourth-order valence-electron chi connectivity index (χ4n) is 4.13. The second kappa shape index (κ2) is 6.08. The van der Waals surface area contributed by atoms with E-state index in [1.54, 1.807) is 0 Å². The molecule has 0 radical (unpaired) electrons. The van der Waals surface area contributed by atoms with Gasteiger partial charge in [-0.15, -0.1) is 0 Å². The lowest BCUT2D eigenvalue weighted by molar-refractivity contribution is -0.118. The summed E-state index contributed by atoms with van der Waals surface area (Å²) >= 11 is 0. The first-order chi connectivity index (χ1) is 11.9. The molecular weight excluding hydrogens is 316 g/mol. The Balaban J connectivity index is 2.30. The Morgan fingerprint density at radius 3 is 2.12 bits per heavy atom. The molecule has 0 N–H and O–H groups in total. The Bertz CT molecular complexity index is 872. The molecule has 0 amide bonds. The van der Waals surface area contributed by atoms with Crippen LogP contribution in [0.1, 0.15) is 86.4 Å². The van der Waals surface area contributed by atoms with Crippen LogP contribution in [-0.4, -0.2) is 5.78 Å². The minimum absolute atomic E-state index is 0.0299. The summed E-state index contributed by atoms with van der Waals surface area (Å²) in [5, 5.41) is 0. The average molecular weight is 349 g/mol. The Hall–Kier alpha value is -1.89. The molecule has 3 rings (SSSR count). The summed E-state index contributed by atoms with van der Waals surface area (Å²) in [4.78, 5) is 13.1. The maximum Gasteiger partial charge on any atom is 0.149 e. The van der Waals surface area contributed by atoms with E-state index in [-0.39, 0.29) is 16.7 Å². The smallest absolute Gasteiger partial charge is 0.149 e. The molecule has 0 saturated heterocycles. The van der Waals surface area contributed by atoms with Gasteiger partial charge in [0.05, 0.1) is 5.92 Å². The third-order valence-electron chi connectivity index (χ3n) is 5.90. The molecule has 1 atom stereocenters. The van der Waals surface area contributed by atoms with Crippen LogP contribution < -0.4 is 0 Å². The lowest BCUT2D eigenvalue weighted by atomic mass is 9.76. The van der Waals surface area contributed by atoms with Gasteiger partial charge in [0.2, 0.25) is 0 Å². The van der Waals surface area contributed by atoms with Crippen molar-refractivity contribution in [3.8, 4) is 0 Å². The van der Waals surface area contributed by atoms with Crippen LogP contribution in [0.15, 0.2) is 30.3 Å². The molecule has 0 aliphatic heterocycles. The Labute approximate surface area is 158 Å². The zero-order valence-corrected chi connectivity index (χ0v) is 17.6. The fourth-order valence-corrected chi connectivity index (χ4v) is 4.13. The van der Waals surface area contributed by atoms with E-state index in [1.165, 1.54) is 38.9 Å². The van der Waals surface area contributed by atoms with Crippen molar-refractivity contribution in [3.63, 3.8) is 0 Å². The van der Waals surface area contributed by atoms with Gasteiger partial charge in [-0.3, -0.25) is 4.79 Å². The molecule has 0 heterocycles. The normalized spacial score (nSPS) is 17.5. The molecule has 0 fully saturated rings. The number of ketones is 1. The minimum atomic E-state index is -0.117. The van der Waals surface area contributed by atoms with Crippen molar-refractivity contribution in [2.24, 2.45) is 0 Å². The highest BCUT2D eigenvalue weighted by atomic mass is 16.1. The maximum atomic E-state index is 13.1. The Morgan fingerprint density at radius 1 is 0.885 bits per heavy atom. The van der Waals surface area contributed by atoms with Gasteiger partial charge in [-0.1, -0.05) is 71.9 Å². The van der Waals surface area contributed by atoms with E-state index in [4.69, 9.17) is 0 Å². The molecular formula is C25H32O. The van der Waals surface area contributed by atoms with Gasteiger partial charge in [0.1, 0.15) is 5.78 Å². The van der Waals surface area contributed by atoms with Crippen LogP contribution in [0.2, 0.25) is 0 Å². The van der Waals surface area contributed by atoms with Gasteiger partial charge in [0.25, 0.3) is 0 Å². The fraction of sp³-hybridized carbons (Fsp3) is 0.480. The molecule has 1 aliphatic carbocycles. The Kier molecular flexibility index (Phi) is 4.42. The van der Waals surface area contributed by atoms with Crippen molar-refractivity contribution in [2.75, 3.05) is 0 Å². The zero-order chi connectivity index (χ0) is 19.4. The molecule has 0 saturated carbocycles. The van der Waals surface area contributed by atoms with Crippen LogP contribution in [0, 0.1) is 13.8 Å². The quantitative estimate of drug-likeness (QED) is 0.603. The van der Waals surface area contributed by atoms with Crippen molar-refractivity contribution in [1.82, 2.24) is 0 Å². The van der Waals surface area contributed by atoms with Gasteiger partial charge in [-0.05, 0) is 63.6 Å². The topological polar surface area (TPSA) is 17.1 Å². The first-order valence-corrected chi connectivity index (χ1v) is 9.68. The van der Waals surface area contributed by atoms with Crippen LogP contribution in [0.3, 0.4) is 0 Å². The molecule has 1 aliphatic rings. The largest absolute Gasteiger partial charge is 0.298 e. The van der Waals surface area contributed by atoms with Crippen LogP contribution in [0.25, 0.3) is 0 Å². The van der Waals surface area contributed by atoms with E-state index < -0.39 is 0 Å². The molecule has 26 heavy (non-hydrogen) atoms. The van der Waals surface area contributed by atoms with Gasteiger partial charge in [-0.2, -0.15) is 0 Å². The summed E-state index contributed by atoms with van der Waals surface area (Å²) in [6.07, 6.45) is 0.560. The summed E-state index contributed by atoms with van der Waals surface area (Å²) in [6.45, 7) is 17.8. The third kappa shape index (κ3) is 3.13. The number of aryl methyl sites for hydroxylation is 1. The monoisotopic (exact) mass is 348 g/mol.